The third-order valence-electron chi connectivity index (χ3n) is 5.77. The summed E-state index contributed by atoms with van der Waals surface area (Å²) in [4.78, 5) is 17.9. The van der Waals surface area contributed by atoms with Crippen LogP contribution in [0.2, 0.25) is 0 Å². The number of nitrogens with zero attached hydrogens (tertiary/aromatic N) is 4. The Morgan fingerprint density at radius 1 is 1.45 bits per heavy atom. The van der Waals surface area contributed by atoms with Gasteiger partial charge in [-0.2, -0.15) is 13.9 Å². The lowest BCUT2D eigenvalue weighted by molar-refractivity contribution is -0.102. The summed E-state index contributed by atoms with van der Waals surface area (Å²) >= 11 is 2.94. The van der Waals surface area contributed by atoms with E-state index in [1.165, 1.54) is 17.2 Å². The number of anilines is 1. The lowest BCUT2D eigenvalue weighted by atomic mass is 9.91. The van der Waals surface area contributed by atoms with Crippen LogP contribution >= 0.6 is 15.9 Å². The Labute approximate surface area is 183 Å². The molecular formula is C19H20BrF4N5O2. The lowest BCUT2D eigenvalue weighted by Gasteiger charge is -2.34. The van der Waals surface area contributed by atoms with Crippen LogP contribution in [0.1, 0.15) is 36.7 Å². The van der Waals surface area contributed by atoms with Crippen LogP contribution < -0.4 is 5.32 Å². The number of rotatable bonds is 2. The van der Waals surface area contributed by atoms with E-state index >= 15 is 8.78 Å². The van der Waals surface area contributed by atoms with Gasteiger partial charge in [0.2, 0.25) is 0 Å². The van der Waals surface area contributed by atoms with Gasteiger partial charge in [0.15, 0.2) is 5.82 Å². The molecule has 7 nitrogen and oxygen atoms in total. The third-order valence-corrected chi connectivity index (χ3v) is 6.32. The number of hydrogen-bond donors (Lipinski definition) is 2. The number of urea groups is 1. The Morgan fingerprint density at radius 2 is 2.19 bits per heavy atom. The number of aromatic nitrogens is 3. The van der Waals surface area contributed by atoms with Crippen LogP contribution in [-0.4, -0.2) is 49.1 Å². The number of aliphatic hydroxyl groups is 1. The summed E-state index contributed by atoms with van der Waals surface area (Å²) in [5, 5.41) is 16.9. The average molecular weight is 506 g/mol. The van der Waals surface area contributed by atoms with E-state index in [9.17, 15) is 18.7 Å². The van der Waals surface area contributed by atoms with Crippen molar-refractivity contribution in [2.45, 2.75) is 56.8 Å². The highest BCUT2D eigenvalue weighted by Gasteiger charge is 2.50. The first-order valence-electron chi connectivity index (χ1n) is 9.67. The van der Waals surface area contributed by atoms with E-state index in [0.717, 1.165) is 4.68 Å². The van der Waals surface area contributed by atoms with Gasteiger partial charge >= 0.3 is 6.03 Å². The van der Waals surface area contributed by atoms with Crippen molar-refractivity contribution in [1.82, 2.24) is 19.7 Å². The van der Waals surface area contributed by atoms with E-state index in [4.69, 9.17) is 0 Å². The number of carbonyl (C=O) groups is 1. The number of carbonyl (C=O) groups excluding carboxylic acids is 1. The molecule has 168 valence electrons. The summed E-state index contributed by atoms with van der Waals surface area (Å²) in [6.45, 7) is 0.227. The van der Waals surface area contributed by atoms with Crippen molar-refractivity contribution >= 4 is 27.6 Å². The van der Waals surface area contributed by atoms with Crippen LogP contribution in [0.5, 0.6) is 0 Å². The Kier molecular flexibility index (Phi) is 5.49. The van der Waals surface area contributed by atoms with Crippen LogP contribution in [0.15, 0.2) is 16.9 Å². The smallest absolute Gasteiger partial charge is 0.322 e. The predicted octanol–water partition coefficient (Wildman–Crippen LogP) is 3.74. The maximum atomic E-state index is 15.1. The molecule has 0 aliphatic carbocycles. The number of hydrogen-bond acceptors (Lipinski definition) is 4. The molecule has 31 heavy (non-hydrogen) atoms. The molecule has 2 aliphatic heterocycles. The second-order valence-electron chi connectivity index (χ2n) is 8.06. The van der Waals surface area contributed by atoms with Gasteiger partial charge < -0.3 is 15.3 Å². The Bertz CT molecular complexity index is 1030. The lowest BCUT2D eigenvalue weighted by Crippen LogP contribution is -2.45. The quantitative estimate of drug-likeness (QED) is 0.481. The Hall–Kier alpha value is -2.21. The number of pyridine rings is 1. The van der Waals surface area contributed by atoms with Gasteiger partial charge in [0.05, 0.1) is 17.9 Å². The molecule has 0 unspecified atom stereocenters. The fraction of sp³-hybridized carbons (Fsp3) is 0.526. The van der Waals surface area contributed by atoms with Crippen molar-refractivity contribution in [3.8, 4) is 0 Å². The number of amides is 2. The molecule has 2 atom stereocenters. The SMILES string of the molecule is C[C@@H]1Cc2nn3c(c2CN1C(=O)Nc1ccnc(Br)c1F)C(F)(F)C[C@](O)(CF)CC3. The molecule has 0 bridgehead atoms. The van der Waals surface area contributed by atoms with Crippen LogP contribution in [0, 0.1) is 5.82 Å². The van der Waals surface area contributed by atoms with Crippen molar-refractivity contribution in [2.75, 3.05) is 12.0 Å². The molecule has 0 radical (unpaired) electrons. The summed E-state index contributed by atoms with van der Waals surface area (Å²) in [6, 6.07) is 0.249. The monoisotopic (exact) mass is 505 g/mol. The molecule has 0 spiro atoms. The molecule has 12 heteroatoms. The number of alkyl halides is 3. The van der Waals surface area contributed by atoms with Crippen molar-refractivity contribution in [2.24, 2.45) is 0 Å². The summed E-state index contributed by atoms with van der Waals surface area (Å²) in [5.41, 5.74) is -2.03. The number of aryl methyl sites for hydroxylation is 1. The summed E-state index contributed by atoms with van der Waals surface area (Å²) < 4.78 is 58.6. The van der Waals surface area contributed by atoms with E-state index in [1.807, 2.05) is 0 Å². The summed E-state index contributed by atoms with van der Waals surface area (Å²) in [5.74, 6) is -4.28. The highest BCUT2D eigenvalue weighted by atomic mass is 79.9. The Balaban J connectivity index is 1.64. The molecule has 0 fully saturated rings. The van der Waals surface area contributed by atoms with Crippen molar-refractivity contribution in [3.05, 3.63) is 39.6 Å². The van der Waals surface area contributed by atoms with E-state index in [2.05, 4.69) is 31.3 Å². The van der Waals surface area contributed by atoms with E-state index < -0.39 is 42.2 Å². The van der Waals surface area contributed by atoms with Gasteiger partial charge in [-0.15, -0.1) is 0 Å². The zero-order chi connectivity index (χ0) is 22.6. The molecule has 2 N–H and O–H groups in total. The van der Waals surface area contributed by atoms with Gasteiger partial charge in [0.25, 0.3) is 5.92 Å². The van der Waals surface area contributed by atoms with Crippen molar-refractivity contribution in [3.63, 3.8) is 0 Å². The van der Waals surface area contributed by atoms with Crippen LogP contribution in [0.4, 0.5) is 28.0 Å². The molecule has 4 rings (SSSR count). The minimum absolute atomic E-state index is 0.0603. The van der Waals surface area contributed by atoms with Gasteiger partial charge in [-0.3, -0.25) is 4.68 Å². The van der Waals surface area contributed by atoms with E-state index in [1.54, 1.807) is 6.92 Å². The van der Waals surface area contributed by atoms with Crippen LogP contribution in [0.25, 0.3) is 0 Å². The van der Waals surface area contributed by atoms with Gasteiger partial charge in [0.1, 0.15) is 22.6 Å². The Morgan fingerprint density at radius 3 is 2.90 bits per heavy atom. The van der Waals surface area contributed by atoms with Gasteiger partial charge in [-0.1, -0.05) is 0 Å². The molecule has 2 aromatic rings. The molecule has 2 amide bonds. The highest BCUT2D eigenvalue weighted by molar-refractivity contribution is 9.10. The number of halogens is 5. The zero-order valence-corrected chi connectivity index (χ0v) is 18.1. The first-order valence-corrected chi connectivity index (χ1v) is 10.5. The molecule has 2 aromatic heterocycles. The highest BCUT2D eigenvalue weighted by Crippen LogP contribution is 2.44. The molecule has 0 saturated heterocycles. The molecule has 0 saturated carbocycles. The predicted molar refractivity (Wildman–Crippen MR) is 106 cm³/mol. The molecule has 4 heterocycles. The van der Waals surface area contributed by atoms with Gasteiger partial charge in [0, 0.05) is 37.2 Å². The van der Waals surface area contributed by atoms with Gasteiger partial charge in [-0.25, -0.2) is 18.6 Å². The minimum atomic E-state index is -3.53. The third kappa shape index (κ3) is 3.91. The van der Waals surface area contributed by atoms with Crippen molar-refractivity contribution < 1.29 is 27.5 Å². The minimum Gasteiger partial charge on any atom is -0.387 e. The van der Waals surface area contributed by atoms with Crippen LogP contribution in [0.3, 0.4) is 0 Å². The van der Waals surface area contributed by atoms with Crippen LogP contribution in [-0.2, 0) is 25.4 Å². The first-order chi connectivity index (χ1) is 14.5. The van der Waals surface area contributed by atoms with E-state index in [0.29, 0.717) is 5.69 Å². The maximum absolute atomic E-state index is 15.1. The van der Waals surface area contributed by atoms with Crippen molar-refractivity contribution in [1.29, 1.82) is 0 Å². The second-order valence-corrected chi connectivity index (χ2v) is 8.81. The zero-order valence-electron chi connectivity index (χ0n) is 16.5. The molecular weight excluding hydrogens is 486 g/mol. The standard InChI is InChI=1S/C19H20BrF4N5O2/c1-10-6-13-11(7-28(10)17(30)26-12-2-4-25-16(20)14(12)22)15-19(23,24)8-18(31,9-21)3-5-29(15)27-13/h2,4,10,31H,3,5-9H2,1H3,(H,25,26,30)/t10-,18+/m1/s1. The maximum Gasteiger partial charge on any atom is 0.322 e. The van der Waals surface area contributed by atoms with Gasteiger partial charge in [-0.05, 0) is 35.3 Å². The first kappa shape index (κ1) is 22.0. The normalized spacial score (nSPS) is 24.9. The largest absolute Gasteiger partial charge is 0.387 e. The molecule has 2 aliphatic rings. The molecule has 0 aromatic carbocycles. The second kappa shape index (κ2) is 7.73. The number of nitrogens with one attached hydrogen (secondary N) is 1. The fourth-order valence-electron chi connectivity index (χ4n) is 4.15. The fourth-order valence-corrected chi connectivity index (χ4v) is 4.49. The summed E-state index contributed by atoms with van der Waals surface area (Å²) in [7, 11) is 0. The summed E-state index contributed by atoms with van der Waals surface area (Å²) in [6.07, 6.45) is 0.286. The number of fused-ring (bicyclic) bond motifs is 3. The average Bonchev–Trinajstić information content (AvgIpc) is 3.02. The topological polar surface area (TPSA) is 83.3 Å². The van der Waals surface area contributed by atoms with E-state index in [-0.39, 0.29) is 47.8 Å².